The quantitative estimate of drug-likeness (QED) is 0.679. The number of esters is 1. The van der Waals surface area contributed by atoms with Crippen molar-refractivity contribution in [1.29, 1.82) is 0 Å². The molecule has 1 aromatic rings. The molecule has 0 amide bonds. The van der Waals surface area contributed by atoms with Gasteiger partial charge < -0.3 is 9.84 Å². The van der Waals surface area contributed by atoms with Crippen molar-refractivity contribution in [2.45, 2.75) is 6.92 Å². The summed E-state index contributed by atoms with van der Waals surface area (Å²) in [5.74, 6) is -1.73. The molecule has 1 heterocycles. The Balaban J connectivity index is 3.04. The summed E-state index contributed by atoms with van der Waals surface area (Å²) in [5, 5.41) is 8.65. The summed E-state index contributed by atoms with van der Waals surface area (Å²) in [6.07, 6.45) is 2.48. The van der Waals surface area contributed by atoms with Crippen molar-refractivity contribution in [3.63, 3.8) is 0 Å². The fraction of sp³-hybridized carbons (Fsp3) is 0.125. The number of pyridine rings is 1. The zero-order valence-corrected chi connectivity index (χ0v) is 6.85. The number of aromatic nitrogens is 1. The highest BCUT2D eigenvalue weighted by atomic mass is 16.5. The van der Waals surface area contributed by atoms with Crippen LogP contribution in [0, 0.1) is 0 Å². The van der Waals surface area contributed by atoms with Gasteiger partial charge in [-0.3, -0.25) is 9.78 Å². The molecule has 0 saturated heterocycles. The molecule has 1 aromatic heterocycles. The third kappa shape index (κ3) is 2.26. The fourth-order valence-electron chi connectivity index (χ4n) is 0.786. The van der Waals surface area contributed by atoms with Crippen LogP contribution in [0.15, 0.2) is 18.5 Å². The number of carboxylic acids is 1. The Morgan fingerprint density at radius 3 is 2.77 bits per heavy atom. The molecule has 1 N–H and O–H groups in total. The molecule has 13 heavy (non-hydrogen) atoms. The SMILES string of the molecule is CC(=O)Oc1ccncc1C(=O)O. The summed E-state index contributed by atoms with van der Waals surface area (Å²) in [6, 6.07) is 1.32. The standard InChI is InChI=1S/C8H7NO4/c1-5(10)13-7-2-3-9-4-6(7)8(11)12/h2-4H,1H3,(H,11,12). The van der Waals surface area contributed by atoms with Crippen LogP contribution >= 0.6 is 0 Å². The maximum Gasteiger partial charge on any atom is 0.341 e. The number of aromatic carboxylic acids is 1. The molecule has 0 radical (unpaired) electrons. The van der Waals surface area contributed by atoms with Gasteiger partial charge >= 0.3 is 11.9 Å². The van der Waals surface area contributed by atoms with E-state index in [9.17, 15) is 9.59 Å². The maximum absolute atomic E-state index is 10.6. The first kappa shape index (κ1) is 9.18. The van der Waals surface area contributed by atoms with Crippen molar-refractivity contribution in [3.8, 4) is 5.75 Å². The molecular weight excluding hydrogens is 174 g/mol. The van der Waals surface area contributed by atoms with E-state index in [-0.39, 0.29) is 11.3 Å². The van der Waals surface area contributed by atoms with Gasteiger partial charge in [-0.1, -0.05) is 0 Å². The predicted octanol–water partition coefficient (Wildman–Crippen LogP) is 0.705. The smallest absolute Gasteiger partial charge is 0.341 e. The number of hydrogen-bond donors (Lipinski definition) is 1. The fourth-order valence-corrected chi connectivity index (χ4v) is 0.786. The first-order valence-electron chi connectivity index (χ1n) is 3.47. The Hall–Kier alpha value is -1.91. The van der Waals surface area contributed by atoms with Crippen molar-refractivity contribution in [2.24, 2.45) is 0 Å². The second-order valence-electron chi connectivity index (χ2n) is 2.27. The Morgan fingerprint density at radius 2 is 2.23 bits per heavy atom. The molecule has 0 fully saturated rings. The average molecular weight is 181 g/mol. The average Bonchev–Trinajstić information content (AvgIpc) is 2.03. The van der Waals surface area contributed by atoms with Gasteiger partial charge in [-0.05, 0) is 0 Å². The van der Waals surface area contributed by atoms with Gasteiger partial charge in [0.15, 0.2) is 0 Å². The van der Waals surface area contributed by atoms with Crippen LogP contribution in [0.5, 0.6) is 5.75 Å². The highest BCUT2D eigenvalue weighted by Crippen LogP contribution is 2.16. The van der Waals surface area contributed by atoms with Crippen molar-refractivity contribution >= 4 is 11.9 Å². The van der Waals surface area contributed by atoms with Gasteiger partial charge in [0.25, 0.3) is 0 Å². The molecule has 0 spiro atoms. The number of ether oxygens (including phenoxy) is 1. The summed E-state index contributed by atoms with van der Waals surface area (Å²) in [6.45, 7) is 1.20. The van der Waals surface area contributed by atoms with E-state index in [0.717, 1.165) is 6.20 Å². The van der Waals surface area contributed by atoms with Gasteiger partial charge in [0.05, 0.1) is 0 Å². The molecule has 0 bridgehead atoms. The molecule has 0 aliphatic heterocycles. The third-order valence-electron chi connectivity index (χ3n) is 1.27. The normalized spacial score (nSPS) is 9.31. The lowest BCUT2D eigenvalue weighted by molar-refractivity contribution is -0.131. The van der Waals surface area contributed by atoms with Crippen molar-refractivity contribution < 1.29 is 19.4 Å². The number of nitrogens with zero attached hydrogens (tertiary/aromatic N) is 1. The van der Waals surface area contributed by atoms with Crippen LogP contribution in [-0.4, -0.2) is 22.0 Å². The summed E-state index contributed by atoms with van der Waals surface area (Å²) in [5.41, 5.74) is -0.127. The Labute approximate surface area is 74.0 Å². The number of hydrogen-bond acceptors (Lipinski definition) is 4. The lowest BCUT2D eigenvalue weighted by Gasteiger charge is -2.03. The first-order valence-corrected chi connectivity index (χ1v) is 3.47. The molecule has 0 saturated carbocycles. The van der Waals surface area contributed by atoms with E-state index in [1.807, 2.05) is 0 Å². The molecule has 1 rings (SSSR count). The van der Waals surface area contributed by atoms with Crippen LogP contribution in [0.1, 0.15) is 17.3 Å². The van der Waals surface area contributed by atoms with Gasteiger partial charge in [0.1, 0.15) is 11.3 Å². The maximum atomic E-state index is 10.6. The molecule has 68 valence electrons. The Morgan fingerprint density at radius 1 is 1.54 bits per heavy atom. The summed E-state index contributed by atoms with van der Waals surface area (Å²) >= 11 is 0. The second kappa shape index (κ2) is 3.66. The van der Waals surface area contributed by atoms with E-state index in [4.69, 9.17) is 5.11 Å². The minimum atomic E-state index is -1.18. The van der Waals surface area contributed by atoms with Crippen LogP contribution < -0.4 is 4.74 Å². The van der Waals surface area contributed by atoms with Crippen molar-refractivity contribution in [2.75, 3.05) is 0 Å². The van der Waals surface area contributed by atoms with Crippen LogP contribution in [0.25, 0.3) is 0 Å². The molecule has 5 nitrogen and oxygen atoms in total. The minimum Gasteiger partial charge on any atom is -0.477 e. The van der Waals surface area contributed by atoms with E-state index in [1.54, 1.807) is 0 Å². The molecule has 0 aliphatic rings. The molecule has 0 aromatic carbocycles. The van der Waals surface area contributed by atoms with E-state index < -0.39 is 11.9 Å². The van der Waals surface area contributed by atoms with Crippen molar-refractivity contribution in [3.05, 3.63) is 24.0 Å². The molecule has 5 heteroatoms. The monoisotopic (exact) mass is 181 g/mol. The largest absolute Gasteiger partial charge is 0.477 e. The van der Waals surface area contributed by atoms with Gasteiger partial charge in [-0.25, -0.2) is 4.79 Å². The molecule has 0 aliphatic carbocycles. The minimum absolute atomic E-state index is 0.00926. The van der Waals surface area contributed by atoms with Crippen LogP contribution in [0.3, 0.4) is 0 Å². The predicted molar refractivity (Wildman–Crippen MR) is 42.5 cm³/mol. The summed E-state index contributed by atoms with van der Waals surface area (Å²) in [4.78, 5) is 24.7. The number of rotatable bonds is 2. The Bertz CT molecular complexity index is 348. The van der Waals surface area contributed by atoms with E-state index in [0.29, 0.717) is 0 Å². The first-order chi connectivity index (χ1) is 6.11. The molecule has 0 atom stereocenters. The van der Waals surface area contributed by atoms with Crippen LogP contribution in [0.4, 0.5) is 0 Å². The zero-order chi connectivity index (χ0) is 9.84. The van der Waals surface area contributed by atoms with Gasteiger partial charge in [0, 0.05) is 25.4 Å². The van der Waals surface area contributed by atoms with E-state index >= 15 is 0 Å². The molecular formula is C8H7NO4. The highest BCUT2D eigenvalue weighted by molar-refractivity contribution is 5.91. The Kier molecular flexibility index (Phi) is 2.59. The number of carbonyl (C=O) groups excluding carboxylic acids is 1. The lowest BCUT2D eigenvalue weighted by Crippen LogP contribution is -2.07. The number of carboxylic acid groups (broad SMARTS) is 1. The van der Waals surface area contributed by atoms with Crippen molar-refractivity contribution in [1.82, 2.24) is 4.98 Å². The zero-order valence-electron chi connectivity index (χ0n) is 6.85. The van der Waals surface area contributed by atoms with Crippen LogP contribution in [-0.2, 0) is 4.79 Å². The van der Waals surface area contributed by atoms with E-state index in [2.05, 4.69) is 9.72 Å². The van der Waals surface area contributed by atoms with Crippen LogP contribution in [0.2, 0.25) is 0 Å². The van der Waals surface area contributed by atoms with Gasteiger partial charge in [-0.2, -0.15) is 0 Å². The number of carbonyl (C=O) groups is 2. The van der Waals surface area contributed by atoms with E-state index in [1.165, 1.54) is 19.2 Å². The molecule has 0 unspecified atom stereocenters. The topological polar surface area (TPSA) is 76.5 Å². The van der Waals surface area contributed by atoms with Gasteiger partial charge in [0.2, 0.25) is 0 Å². The second-order valence-corrected chi connectivity index (χ2v) is 2.27. The highest BCUT2D eigenvalue weighted by Gasteiger charge is 2.11. The summed E-state index contributed by atoms with van der Waals surface area (Å²) in [7, 11) is 0. The summed E-state index contributed by atoms with van der Waals surface area (Å²) < 4.78 is 4.65. The lowest BCUT2D eigenvalue weighted by atomic mass is 10.2. The third-order valence-corrected chi connectivity index (χ3v) is 1.27. The van der Waals surface area contributed by atoms with Gasteiger partial charge in [-0.15, -0.1) is 0 Å².